The minimum atomic E-state index is 0.621. The van der Waals surface area contributed by atoms with Crippen LogP contribution in [-0.2, 0) is 6.42 Å². The van der Waals surface area contributed by atoms with Crippen molar-refractivity contribution in [2.24, 2.45) is 0 Å². The summed E-state index contributed by atoms with van der Waals surface area (Å²) >= 11 is 12.1. The fraction of sp³-hybridized carbons (Fsp3) is 0.250. The van der Waals surface area contributed by atoms with Crippen LogP contribution in [-0.4, -0.2) is 37.6 Å². The minimum absolute atomic E-state index is 0.621. The predicted molar refractivity (Wildman–Crippen MR) is 121 cm³/mol. The molecular weight excluding hydrogens is 387 g/mol. The van der Waals surface area contributed by atoms with E-state index < -0.39 is 0 Å². The second-order valence-corrected chi connectivity index (χ2v) is 8.02. The summed E-state index contributed by atoms with van der Waals surface area (Å²) < 4.78 is 0. The average molecular weight is 411 g/mol. The van der Waals surface area contributed by atoms with E-state index in [1.54, 1.807) is 0 Å². The van der Waals surface area contributed by atoms with Crippen LogP contribution < -0.4 is 4.90 Å². The Hall–Kier alpha value is -2.00. The summed E-state index contributed by atoms with van der Waals surface area (Å²) in [4.78, 5) is 5.04. The van der Waals surface area contributed by atoms with Gasteiger partial charge in [0.2, 0.25) is 0 Å². The first kappa shape index (κ1) is 19.3. The van der Waals surface area contributed by atoms with Crippen LogP contribution in [0.15, 0.2) is 72.8 Å². The van der Waals surface area contributed by atoms with Gasteiger partial charge in [-0.3, -0.25) is 4.90 Å². The van der Waals surface area contributed by atoms with Crippen molar-refractivity contribution in [1.82, 2.24) is 4.90 Å². The van der Waals surface area contributed by atoms with Gasteiger partial charge in [-0.1, -0.05) is 77.8 Å². The van der Waals surface area contributed by atoms with Crippen LogP contribution in [0.25, 0.3) is 11.1 Å². The van der Waals surface area contributed by atoms with Crippen molar-refractivity contribution in [1.29, 1.82) is 0 Å². The summed E-state index contributed by atoms with van der Waals surface area (Å²) in [6, 6.07) is 25.3. The smallest absolute Gasteiger partial charge is 0.0595 e. The third-order valence-corrected chi connectivity index (χ3v) is 6.14. The lowest BCUT2D eigenvalue weighted by molar-refractivity contribution is 0.261. The molecule has 0 radical (unpaired) electrons. The molecule has 1 heterocycles. The van der Waals surface area contributed by atoms with Gasteiger partial charge in [-0.2, -0.15) is 0 Å². The molecule has 0 bridgehead atoms. The fourth-order valence-corrected chi connectivity index (χ4v) is 4.13. The maximum atomic E-state index is 6.14. The van der Waals surface area contributed by atoms with E-state index in [9.17, 15) is 0 Å². The highest BCUT2D eigenvalue weighted by molar-refractivity contribution is 6.42. The molecular formula is C24H24Cl2N2. The highest BCUT2D eigenvalue weighted by atomic mass is 35.5. The average Bonchev–Trinajstić information content (AvgIpc) is 2.76. The standard InChI is InChI=1S/C24H24Cl2N2/c25-22-11-10-19(18-23(22)26)12-13-27-14-16-28(17-15-27)24-9-5-4-8-21(24)20-6-2-1-3-7-20/h1-11,18H,12-17H2. The van der Waals surface area contributed by atoms with E-state index in [1.165, 1.54) is 22.4 Å². The lowest BCUT2D eigenvalue weighted by atomic mass is 10.0. The molecule has 4 rings (SSSR count). The van der Waals surface area contributed by atoms with Crippen molar-refractivity contribution in [2.45, 2.75) is 6.42 Å². The van der Waals surface area contributed by atoms with Crippen molar-refractivity contribution in [3.8, 4) is 11.1 Å². The summed E-state index contributed by atoms with van der Waals surface area (Å²) in [6.45, 7) is 5.29. The number of benzene rings is 3. The van der Waals surface area contributed by atoms with Gasteiger partial charge in [0.15, 0.2) is 0 Å². The molecule has 0 aromatic heterocycles. The zero-order valence-electron chi connectivity index (χ0n) is 15.8. The van der Waals surface area contributed by atoms with E-state index in [2.05, 4.69) is 70.5 Å². The first-order chi connectivity index (χ1) is 13.7. The Bertz CT molecular complexity index is 919. The van der Waals surface area contributed by atoms with E-state index in [0.717, 1.165) is 39.1 Å². The Morgan fingerprint density at radius 1 is 0.714 bits per heavy atom. The minimum Gasteiger partial charge on any atom is -0.368 e. The lowest BCUT2D eigenvalue weighted by Crippen LogP contribution is -2.47. The summed E-state index contributed by atoms with van der Waals surface area (Å²) in [6.07, 6.45) is 0.998. The number of anilines is 1. The summed E-state index contributed by atoms with van der Waals surface area (Å²) in [5, 5.41) is 1.26. The molecule has 0 aliphatic carbocycles. The van der Waals surface area contributed by atoms with Crippen molar-refractivity contribution < 1.29 is 0 Å². The van der Waals surface area contributed by atoms with Crippen molar-refractivity contribution in [3.05, 3.63) is 88.4 Å². The van der Waals surface area contributed by atoms with Gasteiger partial charge in [0.25, 0.3) is 0 Å². The van der Waals surface area contributed by atoms with Gasteiger partial charge in [-0.05, 0) is 35.7 Å². The molecule has 0 N–H and O–H groups in total. The molecule has 0 saturated carbocycles. The third-order valence-electron chi connectivity index (χ3n) is 5.40. The van der Waals surface area contributed by atoms with E-state index in [0.29, 0.717) is 10.0 Å². The molecule has 1 aliphatic rings. The van der Waals surface area contributed by atoms with E-state index in [1.807, 2.05) is 12.1 Å². The molecule has 3 aromatic carbocycles. The van der Waals surface area contributed by atoms with Crippen LogP contribution in [0.2, 0.25) is 10.0 Å². The van der Waals surface area contributed by atoms with Crippen molar-refractivity contribution >= 4 is 28.9 Å². The molecule has 1 saturated heterocycles. The van der Waals surface area contributed by atoms with Crippen molar-refractivity contribution in [3.63, 3.8) is 0 Å². The van der Waals surface area contributed by atoms with Crippen LogP contribution in [0.1, 0.15) is 5.56 Å². The fourth-order valence-electron chi connectivity index (χ4n) is 3.81. The van der Waals surface area contributed by atoms with Gasteiger partial charge in [0.1, 0.15) is 0 Å². The molecule has 0 unspecified atom stereocenters. The van der Waals surface area contributed by atoms with Crippen LogP contribution in [0, 0.1) is 0 Å². The molecule has 144 valence electrons. The molecule has 1 fully saturated rings. The van der Waals surface area contributed by atoms with Gasteiger partial charge in [-0.25, -0.2) is 0 Å². The molecule has 0 spiro atoms. The van der Waals surface area contributed by atoms with Crippen LogP contribution in [0.4, 0.5) is 5.69 Å². The summed E-state index contributed by atoms with van der Waals surface area (Å²) in [5.74, 6) is 0. The molecule has 1 aliphatic heterocycles. The monoisotopic (exact) mass is 410 g/mol. The number of piperazine rings is 1. The molecule has 0 amide bonds. The van der Waals surface area contributed by atoms with E-state index in [4.69, 9.17) is 23.2 Å². The summed E-state index contributed by atoms with van der Waals surface area (Å²) in [7, 11) is 0. The molecule has 0 atom stereocenters. The normalized spacial score (nSPS) is 15.0. The predicted octanol–water partition coefficient (Wildman–Crippen LogP) is 6.03. The molecule has 3 aromatic rings. The number of rotatable bonds is 5. The van der Waals surface area contributed by atoms with Gasteiger partial charge < -0.3 is 4.90 Å². The maximum absolute atomic E-state index is 6.14. The van der Waals surface area contributed by atoms with Gasteiger partial charge in [0, 0.05) is 44.0 Å². The zero-order valence-corrected chi connectivity index (χ0v) is 17.3. The second kappa shape index (κ2) is 9.00. The number of halogens is 2. The van der Waals surface area contributed by atoms with E-state index >= 15 is 0 Å². The number of para-hydroxylation sites is 1. The van der Waals surface area contributed by atoms with Crippen LogP contribution in [0.3, 0.4) is 0 Å². The second-order valence-electron chi connectivity index (χ2n) is 7.21. The van der Waals surface area contributed by atoms with Gasteiger partial charge in [-0.15, -0.1) is 0 Å². The largest absolute Gasteiger partial charge is 0.368 e. The Morgan fingerprint density at radius 2 is 1.43 bits per heavy atom. The SMILES string of the molecule is Clc1ccc(CCN2CCN(c3ccccc3-c3ccccc3)CC2)cc1Cl. The topological polar surface area (TPSA) is 6.48 Å². The highest BCUT2D eigenvalue weighted by Gasteiger charge is 2.19. The number of hydrogen-bond acceptors (Lipinski definition) is 2. The zero-order chi connectivity index (χ0) is 19.3. The van der Waals surface area contributed by atoms with Crippen molar-refractivity contribution in [2.75, 3.05) is 37.6 Å². The first-order valence-electron chi connectivity index (χ1n) is 9.76. The number of hydrogen-bond donors (Lipinski definition) is 0. The quantitative estimate of drug-likeness (QED) is 0.506. The Morgan fingerprint density at radius 3 is 2.18 bits per heavy atom. The third kappa shape index (κ3) is 4.52. The molecule has 2 nitrogen and oxygen atoms in total. The summed E-state index contributed by atoms with van der Waals surface area (Å²) in [5.41, 5.74) is 5.16. The lowest BCUT2D eigenvalue weighted by Gasteiger charge is -2.37. The molecule has 4 heteroatoms. The maximum Gasteiger partial charge on any atom is 0.0595 e. The van der Waals surface area contributed by atoms with Gasteiger partial charge in [0.05, 0.1) is 10.0 Å². The highest BCUT2D eigenvalue weighted by Crippen LogP contribution is 2.31. The first-order valence-corrected chi connectivity index (χ1v) is 10.5. The number of nitrogens with zero attached hydrogens (tertiary/aromatic N) is 2. The Labute approximate surface area is 177 Å². The Kier molecular flexibility index (Phi) is 6.21. The Balaban J connectivity index is 1.38. The van der Waals surface area contributed by atoms with E-state index in [-0.39, 0.29) is 0 Å². The molecule has 28 heavy (non-hydrogen) atoms. The van der Waals surface area contributed by atoms with Crippen LogP contribution >= 0.6 is 23.2 Å². The van der Waals surface area contributed by atoms with Crippen LogP contribution in [0.5, 0.6) is 0 Å². The van der Waals surface area contributed by atoms with Gasteiger partial charge >= 0.3 is 0 Å².